The second kappa shape index (κ2) is 8.24. The first-order valence-electron chi connectivity index (χ1n) is 7.74. The summed E-state index contributed by atoms with van der Waals surface area (Å²) in [4.78, 5) is 35.7. The van der Waals surface area contributed by atoms with Crippen molar-refractivity contribution in [2.24, 2.45) is 11.7 Å². The fraction of sp³-hybridized carbons (Fsp3) is 0.800. The Labute approximate surface area is 135 Å². The molecule has 3 atom stereocenters. The molecule has 2 amide bonds. The lowest BCUT2D eigenvalue weighted by Gasteiger charge is -2.27. The number of amides is 2. The highest BCUT2D eigenvalue weighted by Crippen LogP contribution is 2.19. The molecule has 7 nitrogen and oxygen atoms in total. The van der Waals surface area contributed by atoms with Crippen molar-refractivity contribution in [3.8, 4) is 0 Å². The third-order valence-corrected chi connectivity index (χ3v) is 3.76. The van der Waals surface area contributed by atoms with E-state index in [1.165, 1.54) is 21.0 Å². The molecule has 1 heterocycles. The highest BCUT2D eigenvalue weighted by atomic mass is 19.1. The second-order valence-corrected chi connectivity index (χ2v) is 6.48. The number of carbonyl (C=O) groups is 3. The van der Waals surface area contributed by atoms with Gasteiger partial charge in [-0.25, -0.2) is 9.18 Å². The molecule has 4 N–H and O–H groups in total. The Balaban J connectivity index is 2.69. The lowest BCUT2D eigenvalue weighted by atomic mass is 9.91. The molecule has 0 aromatic carbocycles. The Morgan fingerprint density at radius 3 is 2.70 bits per heavy atom. The van der Waals surface area contributed by atoms with Crippen LogP contribution in [0.5, 0.6) is 0 Å². The fourth-order valence-electron chi connectivity index (χ4n) is 2.60. The van der Waals surface area contributed by atoms with Gasteiger partial charge < -0.3 is 21.1 Å². The van der Waals surface area contributed by atoms with Crippen molar-refractivity contribution < 1.29 is 23.5 Å². The van der Waals surface area contributed by atoms with Crippen LogP contribution in [0.25, 0.3) is 0 Å². The van der Waals surface area contributed by atoms with Crippen LogP contribution >= 0.6 is 0 Å². The number of methoxy groups -OCH3 is 1. The van der Waals surface area contributed by atoms with Crippen molar-refractivity contribution in [3.63, 3.8) is 0 Å². The van der Waals surface area contributed by atoms with Crippen LogP contribution in [-0.2, 0) is 19.1 Å². The zero-order valence-corrected chi connectivity index (χ0v) is 13.9. The lowest BCUT2D eigenvalue weighted by Crippen LogP contribution is -2.52. The number of nitrogens with one attached hydrogen (secondary N) is 2. The van der Waals surface area contributed by atoms with Gasteiger partial charge in [-0.05, 0) is 33.1 Å². The van der Waals surface area contributed by atoms with Crippen LogP contribution in [0.3, 0.4) is 0 Å². The summed E-state index contributed by atoms with van der Waals surface area (Å²) in [5.41, 5.74) is 4.07. The first-order chi connectivity index (χ1) is 10.6. The Morgan fingerprint density at radius 2 is 2.17 bits per heavy atom. The van der Waals surface area contributed by atoms with Crippen LogP contribution in [0.4, 0.5) is 4.39 Å². The molecule has 1 aliphatic heterocycles. The van der Waals surface area contributed by atoms with E-state index in [0.717, 1.165) is 6.42 Å². The van der Waals surface area contributed by atoms with Crippen molar-refractivity contribution in [2.75, 3.05) is 13.7 Å². The van der Waals surface area contributed by atoms with Crippen molar-refractivity contribution >= 4 is 17.8 Å². The van der Waals surface area contributed by atoms with Crippen molar-refractivity contribution in [1.82, 2.24) is 10.6 Å². The predicted molar refractivity (Wildman–Crippen MR) is 82.1 cm³/mol. The standard InChI is InChI=1S/C15H26FN3O4/c1-15(2,16)8-10(17)13(21)19-11(14(22)23-3)7-9-5-4-6-18-12(9)20/h9-11H,4-8,17H2,1-3H3,(H,18,20)(H,19,21)/t9-,10-,11-/m0/s1. The summed E-state index contributed by atoms with van der Waals surface area (Å²) in [6.07, 6.45) is 1.42. The zero-order valence-electron chi connectivity index (χ0n) is 13.9. The number of carbonyl (C=O) groups excluding carboxylic acids is 3. The van der Waals surface area contributed by atoms with Crippen LogP contribution < -0.4 is 16.4 Å². The zero-order chi connectivity index (χ0) is 17.6. The summed E-state index contributed by atoms with van der Waals surface area (Å²) < 4.78 is 18.3. The minimum atomic E-state index is -1.60. The second-order valence-electron chi connectivity index (χ2n) is 6.48. The van der Waals surface area contributed by atoms with Gasteiger partial charge in [-0.3, -0.25) is 9.59 Å². The summed E-state index contributed by atoms with van der Waals surface area (Å²) in [5.74, 6) is -1.80. The number of hydrogen-bond donors (Lipinski definition) is 3. The highest BCUT2D eigenvalue weighted by Gasteiger charge is 2.32. The van der Waals surface area contributed by atoms with Crippen LogP contribution in [0, 0.1) is 5.92 Å². The molecule has 0 aliphatic carbocycles. The van der Waals surface area contributed by atoms with Gasteiger partial charge >= 0.3 is 5.97 Å². The highest BCUT2D eigenvalue weighted by molar-refractivity contribution is 5.88. The van der Waals surface area contributed by atoms with Crippen molar-refractivity contribution in [1.29, 1.82) is 0 Å². The normalized spacial score (nSPS) is 21.1. The van der Waals surface area contributed by atoms with Gasteiger partial charge in [0.15, 0.2) is 0 Å². The molecule has 1 aliphatic rings. The van der Waals surface area contributed by atoms with Gasteiger partial charge in [0.1, 0.15) is 11.7 Å². The topological polar surface area (TPSA) is 111 Å². The third kappa shape index (κ3) is 6.52. The van der Waals surface area contributed by atoms with E-state index in [9.17, 15) is 18.8 Å². The van der Waals surface area contributed by atoms with Gasteiger partial charge in [-0.2, -0.15) is 0 Å². The van der Waals surface area contributed by atoms with E-state index >= 15 is 0 Å². The average molecular weight is 331 g/mol. The first kappa shape index (κ1) is 19.3. The molecule has 0 aromatic rings. The van der Waals surface area contributed by atoms with E-state index in [1.807, 2.05) is 0 Å². The van der Waals surface area contributed by atoms with Crippen LogP contribution in [0.15, 0.2) is 0 Å². The largest absolute Gasteiger partial charge is 0.467 e. The maximum Gasteiger partial charge on any atom is 0.328 e. The molecule has 1 rings (SSSR count). The van der Waals surface area contributed by atoms with Crippen LogP contribution in [-0.4, -0.2) is 49.2 Å². The SMILES string of the molecule is COC(=O)[C@H](C[C@@H]1CCCNC1=O)NC(=O)[C@@H](N)CC(C)(C)F. The number of hydrogen-bond acceptors (Lipinski definition) is 5. The van der Waals surface area contributed by atoms with Gasteiger partial charge in [0.25, 0.3) is 0 Å². The third-order valence-electron chi connectivity index (χ3n) is 3.76. The van der Waals surface area contributed by atoms with Crippen molar-refractivity contribution in [2.45, 2.75) is 57.3 Å². The molecular formula is C15H26FN3O4. The smallest absolute Gasteiger partial charge is 0.328 e. The Bertz CT molecular complexity index is 450. The van der Waals surface area contributed by atoms with Gasteiger partial charge in [-0.1, -0.05) is 0 Å². The van der Waals surface area contributed by atoms with E-state index in [4.69, 9.17) is 5.73 Å². The number of nitrogens with two attached hydrogens (primary N) is 1. The summed E-state index contributed by atoms with van der Waals surface area (Å²) in [6, 6.07) is -2.06. The molecule has 23 heavy (non-hydrogen) atoms. The van der Waals surface area contributed by atoms with Gasteiger partial charge in [0.2, 0.25) is 11.8 Å². The molecule has 0 saturated carbocycles. The summed E-state index contributed by atoms with van der Waals surface area (Å²) in [5, 5.41) is 5.20. The average Bonchev–Trinajstić information content (AvgIpc) is 2.46. The summed E-state index contributed by atoms with van der Waals surface area (Å²) in [7, 11) is 1.20. The molecule has 8 heteroatoms. The van der Waals surface area contributed by atoms with Crippen LogP contribution in [0.1, 0.15) is 39.5 Å². The maximum absolute atomic E-state index is 13.6. The number of piperidine rings is 1. The summed E-state index contributed by atoms with van der Waals surface area (Å²) in [6.45, 7) is 3.26. The molecule has 0 spiro atoms. The maximum atomic E-state index is 13.6. The molecule has 0 unspecified atom stereocenters. The Hall–Kier alpha value is -1.70. The van der Waals surface area contributed by atoms with E-state index in [1.54, 1.807) is 0 Å². The predicted octanol–water partition coefficient (Wildman–Crippen LogP) is 0.0260. The number of ether oxygens (including phenoxy) is 1. The molecule has 1 saturated heterocycles. The molecule has 0 aromatic heterocycles. The number of esters is 1. The van der Waals surface area contributed by atoms with Crippen molar-refractivity contribution in [3.05, 3.63) is 0 Å². The van der Waals surface area contributed by atoms with E-state index in [2.05, 4.69) is 15.4 Å². The number of alkyl halides is 1. The fourth-order valence-corrected chi connectivity index (χ4v) is 2.60. The van der Waals surface area contributed by atoms with Crippen LogP contribution in [0.2, 0.25) is 0 Å². The molecule has 132 valence electrons. The molecule has 0 bridgehead atoms. The van der Waals surface area contributed by atoms with E-state index < -0.39 is 29.6 Å². The van der Waals surface area contributed by atoms with E-state index in [0.29, 0.717) is 13.0 Å². The monoisotopic (exact) mass is 331 g/mol. The Kier molecular flexibility index (Phi) is 6.93. The Morgan fingerprint density at radius 1 is 1.52 bits per heavy atom. The van der Waals surface area contributed by atoms with Gasteiger partial charge in [0.05, 0.1) is 13.2 Å². The molecule has 0 radical (unpaired) electrons. The molecular weight excluding hydrogens is 305 g/mol. The van der Waals surface area contributed by atoms with Gasteiger partial charge in [-0.15, -0.1) is 0 Å². The van der Waals surface area contributed by atoms with Gasteiger partial charge in [0, 0.05) is 18.9 Å². The number of halogens is 1. The lowest BCUT2D eigenvalue weighted by molar-refractivity contribution is -0.146. The van der Waals surface area contributed by atoms with E-state index in [-0.39, 0.29) is 24.7 Å². The minimum absolute atomic E-state index is 0.135. The summed E-state index contributed by atoms with van der Waals surface area (Å²) >= 11 is 0. The first-order valence-corrected chi connectivity index (χ1v) is 7.74. The minimum Gasteiger partial charge on any atom is -0.467 e. The number of rotatable bonds is 7. The molecule has 1 fully saturated rings. The quantitative estimate of drug-likeness (QED) is 0.570.